The maximum atomic E-state index is 12.8. The third-order valence-corrected chi connectivity index (χ3v) is 5.17. The predicted molar refractivity (Wildman–Crippen MR) is 72.3 cm³/mol. The highest BCUT2D eigenvalue weighted by atomic mass is 32.2. The zero-order chi connectivity index (χ0) is 15.7. The van der Waals surface area contributed by atoms with Crippen LogP contribution in [-0.2, 0) is 16.2 Å². The molecule has 118 valence electrons. The summed E-state index contributed by atoms with van der Waals surface area (Å²) in [4.78, 5) is 3.70. The van der Waals surface area contributed by atoms with Crippen molar-refractivity contribution >= 4 is 15.8 Å². The van der Waals surface area contributed by atoms with Crippen molar-refractivity contribution < 1.29 is 21.6 Å². The van der Waals surface area contributed by atoms with Gasteiger partial charge in [0.05, 0.1) is 11.3 Å². The molecule has 1 aliphatic rings. The molecule has 0 radical (unpaired) electrons. The van der Waals surface area contributed by atoms with Crippen molar-refractivity contribution in [1.82, 2.24) is 9.29 Å². The van der Waals surface area contributed by atoms with Crippen molar-refractivity contribution in [2.75, 3.05) is 30.7 Å². The van der Waals surface area contributed by atoms with E-state index in [0.717, 1.165) is 6.07 Å². The number of nitrogens with one attached hydrogen (secondary N) is 1. The van der Waals surface area contributed by atoms with Gasteiger partial charge < -0.3 is 5.32 Å². The Hall–Kier alpha value is -1.35. The topological polar surface area (TPSA) is 62.3 Å². The third-order valence-electron chi connectivity index (χ3n) is 3.35. The van der Waals surface area contributed by atoms with Gasteiger partial charge in [-0.05, 0) is 19.1 Å². The third kappa shape index (κ3) is 3.65. The lowest BCUT2D eigenvalue weighted by atomic mass is 10.0. The van der Waals surface area contributed by atoms with Crippen LogP contribution in [0.25, 0.3) is 0 Å². The molecule has 1 aromatic heterocycles. The minimum Gasteiger partial charge on any atom is -0.369 e. The fraction of sp³-hybridized carbons (Fsp3) is 0.583. The molecule has 1 fully saturated rings. The van der Waals surface area contributed by atoms with Crippen LogP contribution in [0.1, 0.15) is 12.5 Å². The van der Waals surface area contributed by atoms with Gasteiger partial charge in [-0.2, -0.15) is 13.2 Å². The molecular weight excluding hydrogens is 307 g/mol. The quantitative estimate of drug-likeness (QED) is 0.897. The average molecular weight is 323 g/mol. The van der Waals surface area contributed by atoms with Crippen LogP contribution in [0.3, 0.4) is 0 Å². The molecule has 5 nitrogen and oxygen atoms in total. The van der Waals surface area contributed by atoms with E-state index < -0.39 is 21.8 Å². The Balaban J connectivity index is 1.92. The minimum absolute atomic E-state index is 0.00517. The molecule has 0 amide bonds. The number of rotatable bonds is 5. The summed E-state index contributed by atoms with van der Waals surface area (Å²) in [6.45, 7) is 2.48. The molecule has 21 heavy (non-hydrogen) atoms. The highest BCUT2D eigenvalue weighted by Crippen LogP contribution is 2.33. The Morgan fingerprint density at radius 2 is 2.10 bits per heavy atom. The summed E-state index contributed by atoms with van der Waals surface area (Å²) in [5.41, 5.74) is -0.817. The second-order valence-corrected chi connectivity index (χ2v) is 7.12. The number of hydrogen-bond acceptors (Lipinski definition) is 4. The first-order chi connectivity index (χ1) is 9.74. The van der Waals surface area contributed by atoms with Gasteiger partial charge in [0.15, 0.2) is 0 Å². The fourth-order valence-corrected chi connectivity index (χ4v) is 3.32. The second kappa shape index (κ2) is 5.80. The largest absolute Gasteiger partial charge is 0.419 e. The summed E-state index contributed by atoms with van der Waals surface area (Å²) in [5, 5.41) is 2.66. The maximum absolute atomic E-state index is 12.8. The van der Waals surface area contributed by atoms with Gasteiger partial charge >= 0.3 is 6.18 Å². The van der Waals surface area contributed by atoms with E-state index in [1.807, 2.05) is 0 Å². The number of pyridine rings is 1. The molecule has 0 bridgehead atoms. The van der Waals surface area contributed by atoms with Gasteiger partial charge in [0, 0.05) is 31.7 Å². The number of aromatic nitrogens is 1. The maximum Gasteiger partial charge on any atom is 0.419 e. The molecule has 1 aliphatic heterocycles. The number of alkyl halides is 3. The molecular formula is C12H16F3N3O2S. The van der Waals surface area contributed by atoms with Crippen LogP contribution in [0.5, 0.6) is 0 Å². The highest BCUT2D eigenvalue weighted by molar-refractivity contribution is 7.89. The smallest absolute Gasteiger partial charge is 0.369 e. The Kier molecular flexibility index (Phi) is 4.43. The zero-order valence-electron chi connectivity index (χ0n) is 11.4. The summed E-state index contributed by atoms with van der Waals surface area (Å²) in [5.74, 6) is -0.192. The number of hydrogen-bond donors (Lipinski definition) is 1. The van der Waals surface area contributed by atoms with Crippen molar-refractivity contribution in [1.29, 1.82) is 0 Å². The first kappa shape index (κ1) is 16.0. The lowest BCUT2D eigenvalue weighted by molar-refractivity contribution is -0.137. The number of halogens is 3. The Morgan fingerprint density at radius 3 is 2.67 bits per heavy atom. The van der Waals surface area contributed by atoms with E-state index in [0.29, 0.717) is 13.1 Å². The van der Waals surface area contributed by atoms with E-state index in [4.69, 9.17) is 0 Å². The van der Waals surface area contributed by atoms with E-state index in [9.17, 15) is 21.6 Å². The summed E-state index contributed by atoms with van der Waals surface area (Å²) in [7, 11) is -3.20. The lowest BCUT2D eigenvalue weighted by Crippen LogP contribution is -2.52. The summed E-state index contributed by atoms with van der Waals surface area (Å²) < 4.78 is 62.7. The predicted octanol–water partition coefficient (Wildman–Crippen LogP) is 1.79. The van der Waals surface area contributed by atoms with Gasteiger partial charge in [0.2, 0.25) is 10.0 Å². The van der Waals surface area contributed by atoms with E-state index in [2.05, 4.69) is 10.3 Å². The van der Waals surface area contributed by atoms with Crippen LogP contribution in [0.2, 0.25) is 0 Å². The van der Waals surface area contributed by atoms with Gasteiger partial charge in [-0.15, -0.1) is 0 Å². The van der Waals surface area contributed by atoms with Crippen molar-refractivity contribution in [3.05, 3.63) is 23.9 Å². The first-order valence-corrected chi connectivity index (χ1v) is 8.09. The Morgan fingerprint density at radius 1 is 1.43 bits per heavy atom. The Bertz CT molecular complexity index is 598. The highest BCUT2D eigenvalue weighted by Gasteiger charge is 2.36. The van der Waals surface area contributed by atoms with Crippen molar-refractivity contribution in [2.24, 2.45) is 5.92 Å². The standard InChI is InChI=1S/C12H16F3N3O2S/c1-2-21(19,20)18-7-9(8-18)6-17-11-10(12(13,14)15)4-3-5-16-11/h3-5,9H,2,6-8H2,1H3,(H,16,17). The van der Waals surface area contributed by atoms with Gasteiger partial charge in [-0.25, -0.2) is 17.7 Å². The average Bonchev–Trinajstić information content (AvgIpc) is 2.36. The lowest BCUT2D eigenvalue weighted by Gasteiger charge is -2.38. The first-order valence-electron chi connectivity index (χ1n) is 6.48. The summed E-state index contributed by atoms with van der Waals surface area (Å²) >= 11 is 0. The van der Waals surface area contributed by atoms with E-state index >= 15 is 0 Å². The number of nitrogens with zero attached hydrogens (tertiary/aromatic N) is 2. The van der Waals surface area contributed by atoms with Crippen molar-refractivity contribution in [2.45, 2.75) is 13.1 Å². The molecule has 2 rings (SSSR count). The molecule has 0 aromatic carbocycles. The summed E-state index contributed by atoms with van der Waals surface area (Å²) in [6.07, 6.45) is -3.18. The fourth-order valence-electron chi connectivity index (χ4n) is 2.08. The summed E-state index contributed by atoms with van der Waals surface area (Å²) in [6, 6.07) is 2.19. The molecule has 0 spiro atoms. The monoisotopic (exact) mass is 323 g/mol. The molecule has 9 heteroatoms. The van der Waals surface area contributed by atoms with E-state index in [1.54, 1.807) is 6.92 Å². The van der Waals surface area contributed by atoms with Crippen molar-refractivity contribution in [3.63, 3.8) is 0 Å². The second-order valence-electron chi connectivity index (χ2n) is 4.86. The van der Waals surface area contributed by atoms with E-state index in [-0.39, 0.29) is 24.0 Å². The van der Waals surface area contributed by atoms with Gasteiger partial charge in [0.1, 0.15) is 5.82 Å². The van der Waals surface area contributed by atoms with Crippen LogP contribution >= 0.6 is 0 Å². The number of anilines is 1. The normalized spacial score (nSPS) is 17.5. The molecule has 2 heterocycles. The Labute approximate surface area is 121 Å². The van der Waals surface area contributed by atoms with Crippen molar-refractivity contribution in [3.8, 4) is 0 Å². The van der Waals surface area contributed by atoms with E-state index in [1.165, 1.54) is 16.6 Å². The van der Waals surface area contributed by atoms with Crippen LogP contribution in [0, 0.1) is 5.92 Å². The molecule has 1 saturated heterocycles. The van der Waals surface area contributed by atoms with Crippen LogP contribution < -0.4 is 5.32 Å². The molecule has 0 unspecified atom stereocenters. The van der Waals surface area contributed by atoms with Gasteiger partial charge in [-0.3, -0.25) is 0 Å². The van der Waals surface area contributed by atoms with Crippen LogP contribution in [0.15, 0.2) is 18.3 Å². The minimum atomic E-state index is -4.46. The van der Waals surface area contributed by atoms with Gasteiger partial charge in [-0.1, -0.05) is 0 Å². The molecule has 1 aromatic rings. The molecule has 0 saturated carbocycles. The van der Waals surface area contributed by atoms with Crippen LogP contribution in [0.4, 0.5) is 19.0 Å². The zero-order valence-corrected chi connectivity index (χ0v) is 12.2. The molecule has 0 atom stereocenters. The molecule has 0 aliphatic carbocycles. The van der Waals surface area contributed by atoms with Crippen LogP contribution in [-0.4, -0.2) is 43.1 Å². The SMILES string of the molecule is CCS(=O)(=O)N1CC(CNc2ncccc2C(F)(F)F)C1. The van der Waals surface area contributed by atoms with Gasteiger partial charge in [0.25, 0.3) is 0 Å². The molecule has 1 N–H and O–H groups in total. The number of sulfonamides is 1.